The van der Waals surface area contributed by atoms with Gasteiger partial charge < -0.3 is 24.4 Å². The van der Waals surface area contributed by atoms with Crippen LogP contribution in [0.2, 0.25) is 0 Å². The lowest BCUT2D eigenvalue weighted by molar-refractivity contribution is -0.161. The summed E-state index contributed by atoms with van der Waals surface area (Å²) >= 11 is 0. The lowest BCUT2D eigenvalue weighted by Gasteiger charge is -2.18. The number of rotatable bonds is 34. The van der Waals surface area contributed by atoms with Crippen molar-refractivity contribution in [1.29, 1.82) is 0 Å². The Kier molecular flexibility index (Phi) is 36.2. The van der Waals surface area contributed by atoms with Crippen molar-refractivity contribution in [2.45, 2.75) is 135 Å². The Balaban J connectivity index is 4.19. The first-order valence-corrected chi connectivity index (χ1v) is 21.5. The molecule has 0 saturated heterocycles. The van der Waals surface area contributed by atoms with Gasteiger partial charge in [0.15, 0.2) is 6.10 Å². The molecule has 55 heavy (non-hydrogen) atoms. The number of aliphatic hydroxyl groups is 1. The zero-order chi connectivity index (χ0) is 40.5. The van der Waals surface area contributed by atoms with E-state index in [-0.39, 0.29) is 19.4 Å². The van der Waals surface area contributed by atoms with E-state index in [0.717, 1.165) is 77.0 Å². The number of esters is 2. The molecule has 0 aliphatic rings. The van der Waals surface area contributed by atoms with Gasteiger partial charge in [0.2, 0.25) is 0 Å². The standard InChI is InChI=1S/C45H69O9P/c1-3-5-7-8-9-10-11-12-13-14-15-18-22-25-28-31-35-39-45(48)54-43(41-53-55(49,50)51)40-52-44(47)38-34-30-27-24-21-19-16-17-20-23-26-29-33-37-42(46)36-32-6-4-2/h5-7,9-10,12-13,15,17-21,26-27,29-30,32-33,37,42-43,46H,3-4,8,11,14,16,22-25,28,31,34-36,38-41H2,1-2H3,(H2,49,50,51)/b7-5-,10-9-,13-12-,18-15-,20-17-,21-19-,29-26+,30-27-,32-6-,37-33+/t42?,43-/m1/s1. The van der Waals surface area contributed by atoms with Crippen molar-refractivity contribution in [3.8, 4) is 0 Å². The second-order valence-corrected chi connectivity index (χ2v) is 13.9. The van der Waals surface area contributed by atoms with Crippen molar-refractivity contribution in [2.24, 2.45) is 0 Å². The first-order chi connectivity index (χ1) is 26.7. The molecule has 0 amide bonds. The molecule has 0 aromatic carbocycles. The molecule has 10 heteroatoms. The fourth-order valence-electron chi connectivity index (χ4n) is 4.65. The van der Waals surface area contributed by atoms with Crippen molar-refractivity contribution in [3.63, 3.8) is 0 Å². The predicted molar refractivity (Wildman–Crippen MR) is 226 cm³/mol. The van der Waals surface area contributed by atoms with Gasteiger partial charge in [-0.2, -0.15) is 0 Å². The summed E-state index contributed by atoms with van der Waals surface area (Å²) in [5.41, 5.74) is 0. The lowest BCUT2D eigenvalue weighted by atomic mass is 10.1. The molecule has 0 radical (unpaired) electrons. The minimum Gasteiger partial charge on any atom is -0.462 e. The van der Waals surface area contributed by atoms with Crippen molar-refractivity contribution >= 4 is 19.8 Å². The van der Waals surface area contributed by atoms with Gasteiger partial charge in [0, 0.05) is 12.8 Å². The molecule has 1 unspecified atom stereocenters. The summed E-state index contributed by atoms with van der Waals surface area (Å²) in [6.45, 7) is 3.25. The van der Waals surface area contributed by atoms with Crippen LogP contribution in [0.25, 0.3) is 0 Å². The van der Waals surface area contributed by atoms with Gasteiger partial charge in [0.25, 0.3) is 0 Å². The van der Waals surface area contributed by atoms with Crippen molar-refractivity contribution < 1.29 is 43.0 Å². The Bertz CT molecular complexity index is 1310. The van der Waals surface area contributed by atoms with Crippen LogP contribution < -0.4 is 0 Å². The molecule has 3 N–H and O–H groups in total. The zero-order valence-corrected chi connectivity index (χ0v) is 34.3. The molecular formula is C45H69O9P. The Labute approximate surface area is 331 Å². The Morgan fingerprint density at radius 3 is 1.65 bits per heavy atom. The summed E-state index contributed by atoms with van der Waals surface area (Å²) in [5, 5.41) is 9.81. The fourth-order valence-corrected chi connectivity index (χ4v) is 5.01. The average molecular weight is 785 g/mol. The maximum Gasteiger partial charge on any atom is 0.469 e. The summed E-state index contributed by atoms with van der Waals surface area (Å²) in [6.07, 6.45) is 52.6. The number of hydrogen-bond donors (Lipinski definition) is 3. The molecular weight excluding hydrogens is 715 g/mol. The largest absolute Gasteiger partial charge is 0.469 e. The van der Waals surface area contributed by atoms with E-state index in [9.17, 15) is 19.3 Å². The van der Waals surface area contributed by atoms with Crippen molar-refractivity contribution in [2.75, 3.05) is 13.2 Å². The van der Waals surface area contributed by atoms with E-state index in [1.54, 1.807) is 6.08 Å². The van der Waals surface area contributed by atoms with Gasteiger partial charge in [0.1, 0.15) is 6.61 Å². The van der Waals surface area contributed by atoms with Gasteiger partial charge in [-0.3, -0.25) is 14.1 Å². The third-order valence-electron chi connectivity index (χ3n) is 7.57. The number of carbonyl (C=O) groups excluding carboxylic acids is 2. The van der Waals surface area contributed by atoms with Crippen molar-refractivity contribution in [1.82, 2.24) is 0 Å². The molecule has 308 valence electrons. The van der Waals surface area contributed by atoms with Crippen molar-refractivity contribution in [3.05, 3.63) is 122 Å². The van der Waals surface area contributed by atoms with Crippen LogP contribution in [0.4, 0.5) is 0 Å². The minimum atomic E-state index is -4.80. The fraction of sp³-hybridized carbons (Fsp3) is 0.511. The SMILES string of the molecule is CC/C=C\C/C=C\C/C=C\C/C=C\CCCCCCC(=O)O[C@H](COC(=O)CC/C=C\C/C=C\C/C=C\C/C=C/C=C/C(O)C/C=C\CC)COP(=O)(O)O. The first-order valence-electron chi connectivity index (χ1n) is 19.9. The highest BCUT2D eigenvalue weighted by atomic mass is 31.2. The molecule has 0 saturated carbocycles. The number of phosphoric acid groups is 1. The molecule has 2 atom stereocenters. The Hall–Kier alpha value is -3.59. The van der Waals surface area contributed by atoms with E-state index in [2.05, 4.69) is 85.2 Å². The maximum absolute atomic E-state index is 12.4. The molecule has 0 aliphatic carbocycles. The number of allylic oxidation sites excluding steroid dienone is 18. The van der Waals surface area contributed by atoms with Gasteiger partial charge in [-0.25, -0.2) is 4.57 Å². The van der Waals surface area contributed by atoms with Gasteiger partial charge >= 0.3 is 19.8 Å². The van der Waals surface area contributed by atoms with E-state index in [1.807, 2.05) is 48.6 Å². The Morgan fingerprint density at radius 1 is 0.564 bits per heavy atom. The van der Waals surface area contributed by atoms with Gasteiger partial charge in [-0.05, 0) is 83.5 Å². The van der Waals surface area contributed by atoms with Crippen LogP contribution in [0.1, 0.15) is 123 Å². The Morgan fingerprint density at radius 2 is 1.07 bits per heavy atom. The van der Waals surface area contributed by atoms with E-state index in [4.69, 9.17) is 19.3 Å². The summed E-state index contributed by atoms with van der Waals surface area (Å²) in [5.74, 6) is -1.05. The third-order valence-corrected chi connectivity index (χ3v) is 8.05. The number of unbranched alkanes of at least 4 members (excludes halogenated alkanes) is 4. The molecule has 0 spiro atoms. The summed E-state index contributed by atoms with van der Waals surface area (Å²) in [6, 6.07) is 0. The van der Waals surface area contributed by atoms with Gasteiger partial charge in [-0.1, -0.05) is 148 Å². The number of phosphoric ester groups is 1. The molecule has 0 aliphatic heterocycles. The van der Waals surface area contributed by atoms with E-state index < -0.39 is 38.6 Å². The molecule has 0 aromatic heterocycles. The van der Waals surface area contributed by atoms with Crippen LogP contribution in [-0.2, 0) is 28.2 Å². The van der Waals surface area contributed by atoms with E-state index in [0.29, 0.717) is 19.3 Å². The number of carbonyl (C=O) groups is 2. The molecule has 0 heterocycles. The van der Waals surface area contributed by atoms with Crippen LogP contribution in [0.5, 0.6) is 0 Å². The van der Waals surface area contributed by atoms with Gasteiger partial charge in [0.05, 0.1) is 12.7 Å². The predicted octanol–water partition coefficient (Wildman–Crippen LogP) is 11.1. The lowest BCUT2D eigenvalue weighted by Crippen LogP contribution is -2.29. The molecule has 0 bridgehead atoms. The van der Waals surface area contributed by atoms with Crippen LogP contribution in [0, 0.1) is 0 Å². The number of hydrogen-bond acceptors (Lipinski definition) is 7. The highest BCUT2D eigenvalue weighted by molar-refractivity contribution is 7.46. The minimum absolute atomic E-state index is 0.113. The average Bonchev–Trinajstić information content (AvgIpc) is 3.15. The van der Waals surface area contributed by atoms with Crippen LogP contribution >= 0.6 is 7.82 Å². The topological polar surface area (TPSA) is 140 Å². The number of ether oxygens (including phenoxy) is 2. The third kappa shape index (κ3) is 41.4. The highest BCUT2D eigenvalue weighted by Gasteiger charge is 2.22. The second kappa shape index (κ2) is 38.7. The summed E-state index contributed by atoms with van der Waals surface area (Å²) in [4.78, 5) is 42.8. The quantitative estimate of drug-likeness (QED) is 0.0191. The molecule has 0 aromatic rings. The summed E-state index contributed by atoms with van der Waals surface area (Å²) in [7, 11) is -4.80. The normalized spacial score (nSPS) is 14.3. The maximum atomic E-state index is 12.4. The van der Waals surface area contributed by atoms with E-state index in [1.165, 1.54) is 0 Å². The monoisotopic (exact) mass is 784 g/mol. The smallest absolute Gasteiger partial charge is 0.462 e. The van der Waals surface area contributed by atoms with Crippen LogP contribution in [0.15, 0.2) is 122 Å². The first kappa shape index (κ1) is 51.4. The number of aliphatic hydroxyl groups excluding tert-OH is 1. The highest BCUT2D eigenvalue weighted by Crippen LogP contribution is 2.35. The molecule has 0 rings (SSSR count). The zero-order valence-electron chi connectivity index (χ0n) is 33.4. The van der Waals surface area contributed by atoms with Crippen LogP contribution in [0.3, 0.4) is 0 Å². The van der Waals surface area contributed by atoms with Gasteiger partial charge in [-0.15, -0.1) is 0 Å². The summed E-state index contributed by atoms with van der Waals surface area (Å²) < 4.78 is 26.2. The van der Waals surface area contributed by atoms with Crippen LogP contribution in [-0.4, -0.2) is 52.3 Å². The molecule has 0 fully saturated rings. The van der Waals surface area contributed by atoms with E-state index >= 15 is 0 Å². The second-order valence-electron chi connectivity index (χ2n) is 12.7. The molecule has 9 nitrogen and oxygen atoms in total.